The fourth-order valence-corrected chi connectivity index (χ4v) is 5.42. The van der Waals surface area contributed by atoms with Crippen LogP contribution in [0.25, 0.3) is 11.1 Å². The lowest BCUT2D eigenvalue weighted by Crippen LogP contribution is -2.29. The summed E-state index contributed by atoms with van der Waals surface area (Å²) < 4.78 is 17.4. The highest BCUT2D eigenvalue weighted by Crippen LogP contribution is 2.35. The largest absolute Gasteiger partial charge is 0.459 e. The van der Waals surface area contributed by atoms with Crippen LogP contribution in [0.2, 0.25) is 0 Å². The van der Waals surface area contributed by atoms with Crippen molar-refractivity contribution in [1.82, 2.24) is 0 Å². The van der Waals surface area contributed by atoms with Crippen molar-refractivity contribution in [3.8, 4) is 11.1 Å². The summed E-state index contributed by atoms with van der Waals surface area (Å²) in [5.74, 6) is 0.284. The quantitative estimate of drug-likeness (QED) is 0.204. The molecule has 4 nitrogen and oxygen atoms in total. The van der Waals surface area contributed by atoms with Crippen LogP contribution in [0.1, 0.15) is 81.8 Å². The van der Waals surface area contributed by atoms with Gasteiger partial charge in [-0.3, -0.25) is 0 Å². The molecule has 2 fully saturated rings. The van der Waals surface area contributed by atoms with Crippen molar-refractivity contribution in [2.75, 3.05) is 6.79 Å². The Kier molecular flexibility index (Phi) is 9.56. The first-order valence-electron chi connectivity index (χ1n) is 13.4. The van der Waals surface area contributed by atoms with Crippen LogP contribution in [0.15, 0.2) is 61.2 Å². The fourth-order valence-electron chi connectivity index (χ4n) is 5.42. The number of hydrogen-bond donors (Lipinski definition) is 0. The zero-order valence-corrected chi connectivity index (χ0v) is 21.1. The molecule has 0 unspecified atom stereocenters. The summed E-state index contributed by atoms with van der Waals surface area (Å²) in [5, 5.41) is 0. The highest BCUT2D eigenvalue weighted by Gasteiger charge is 2.26. The average Bonchev–Trinajstić information content (AvgIpc) is 2.91. The summed E-state index contributed by atoms with van der Waals surface area (Å²) in [7, 11) is 0. The second-order valence-electron chi connectivity index (χ2n) is 10.0. The van der Waals surface area contributed by atoms with E-state index in [2.05, 4.69) is 62.0 Å². The molecule has 2 aliphatic rings. The molecule has 0 aliphatic heterocycles. The Bertz CT molecular complexity index is 917. The van der Waals surface area contributed by atoms with Gasteiger partial charge in [0.15, 0.2) is 0 Å². The minimum Gasteiger partial charge on any atom is -0.459 e. The van der Waals surface area contributed by atoms with Crippen molar-refractivity contribution < 1.29 is 19.0 Å². The molecule has 0 heterocycles. The number of ether oxygens (including phenoxy) is 3. The SMILES string of the molecule is C=CC(=O)OC1CCC(OCOC2CCC(c3ccc(-c4ccc(CCC)cc4)cc3)CC2)CC1. The number of benzene rings is 2. The minimum atomic E-state index is -0.332. The molecule has 0 radical (unpaired) electrons. The Morgan fingerprint density at radius 1 is 0.800 bits per heavy atom. The van der Waals surface area contributed by atoms with Crippen molar-refractivity contribution >= 4 is 5.97 Å². The first-order valence-corrected chi connectivity index (χ1v) is 13.4. The fraction of sp³-hybridized carbons (Fsp3) is 0.516. The van der Waals surface area contributed by atoms with E-state index in [1.807, 2.05) is 0 Å². The van der Waals surface area contributed by atoms with Gasteiger partial charge in [-0.05, 0) is 86.0 Å². The number of rotatable bonds is 10. The van der Waals surface area contributed by atoms with Gasteiger partial charge in [0.05, 0.1) is 12.2 Å². The van der Waals surface area contributed by atoms with Crippen molar-refractivity contribution in [3.05, 3.63) is 72.3 Å². The van der Waals surface area contributed by atoms with Gasteiger partial charge in [0.1, 0.15) is 12.9 Å². The molecule has 4 rings (SSSR count). The van der Waals surface area contributed by atoms with Crippen LogP contribution in [0.3, 0.4) is 0 Å². The lowest BCUT2D eigenvalue weighted by molar-refractivity contribution is -0.153. The zero-order chi connectivity index (χ0) is 24.5. The van der Waals surface area contributed by atoms with Gasteiger partial charge in [-0.15, -0.1) is 0 Å². The van der Waals surface area contributed by atoms with Gasteiger partial charge in [0.2, 0.25) is 0 Å². The molecule has 35 heavy (non-hydrogen) atoms. The number of carbonyl (C=O) groups excluding carboxylic acids is 1. The van der Waals surface area contributed by atoms with Crippen LogP contribution < -0.4 is 0 Å². The Labute approximate surface area is 210 Å². The maximum atomic E-state index is 11.3. The molecule has 188 valence electrons. The minimum absolute atomic E-state index is 0.00282. The molecule has 0 N–H and O–H groups in total. The van der Waals surface area contributed by atoms with Gasteiger partial charge >= 0.3 is 5.97 Å². The Morgan fingerprint density at radius 2 is 1.31 bits per heavy atom. The van der Waals surface area contributed by atoms with E-state index in [0.29, 0.717) is 12.7 Å². The average molecular weight is 477 g/mol. The standard InChI is InChI=1S/C31H40O4/c1-3-5-23-6-8-24(9-7-23)25-10-12-26(13-11-25)27-14-16-28(17-15-27)33-22-34-29-18-20-30(21-19-29)35-31(32)4-2/h4,6-13,27-30H,2-3,5,14-22H2,1H3. The molecule has 0 bridgehead atoms. The first-order chi connectivity index (χ1) is 17.1. The van der Waals surface area contributed by atoms with Crippen LogP contribution in [0.5, 0.6) is 0 Å². The van der Waals surface area contributed by atoms with Gasteiger partial charge in [-0.25, -0.2) is 4.79 Å². The monoisotopic (exact) mass is 476 g/mol. The van der Waals surface area contributed by atoms with Crippen LogP contribution in [0, 0.1) is 0 Å². The normalized spacial score (nSPS) is 24.6. The smallest absolute Gasteiger partial charge is 0.330 e. The van der Waals surface area contributed by atoms with E-state index in [4.69, 9.17) is 14.2 Å². The van der Waals surface area contributed by atoms with Crippen molar-refractivity contribution in [2.24, 2.45) is 0 Å². The van der Waals surface area contributed by atoms with Gasteiger partial charge in [-0.1, -0.05) is 68.5 Å². The number of carbonyl (C=O) groups is 1. The first kappa shape index (κ1) is 25.7. The summed E-state index contributed by atoms with van der Waals surface area (Å²) in [4.78, 5) is 11.3. The Morgan fingerprint density at radius 3 is 1.86 bits per heavy atom. The van der Waals surface area contributed by atoms with E-state index < -0.39 is 0 Å². The van der Waals surface area contributed by atoms with Gasteiger partial charge in [0.25, 0.3) is 0 Å². The third-order valence-electron chi connectivity index (χ3n) is 7.56. The molecule has 0 spiro atoms. The topological polar surface area (TPSA) is 44.8 Å². The Balaban J connectivity index is 1.15. The van der Waals surface area contributed by atoms with E-state index >= 15 is 0 Å². The second kappa shape index (κ2) is 13.0. The van der Waals surface area contributed by atoms with Crippen LogP contribution in [-0.2, 0) is 25.4 Å². The highest BCUT2D eigenvalue weighted by atomic mass is 16.7. The molecule has 0 atom stereocenters. The summed E-state index contributed by atoms with van der Waals surface area (Å²) in [6.45, 7) is 6.04. The van der Waals surface area contributed by atoms with E-state index in [1.54, 1.807) is 0 Å². The van der Waals surface area contributed by atoms with Crippen molar-refractivity contribution in [3.63, 3.8) is 0 Å². The summed E-state index contributed by atoms with van der Waals surface area (Å²) in [6, 6.07) is 18.2. The van der Waals surface area contributed by atoms with E-state index in [9.17, 15) is 4.79 Å². The second-order valence-corrected chi connectivity index (χ2v) is 10.0. The third kappa shape index (κ3) is 7.52. The van der Waals surface area contributed by atoms with Crippen LogP contribution in [0.4, 0.5) is 0 Å². The molecule has 0 aromatic heterocycles. The lowest BCUT2D eigenvalue weighted by Gasteiger charge is -2.31. The predicted molar refractivity (Wildman–Crippen MR) is 140 cm³/mol. The molecule has 0 saturated heterocycles. The molecule has 4 heteroatoms. The highest BCUT2D eigenvalue weighted by molar-refractivity contribution is 5.81. The summed E-state index contributed by atoms with van der Waals surface area (Å²) in [5.41, 5.74) is 5.44. The molecular weight excluding hydrogens is 436 g/mol. The van der Waals surface area contributed by atoms with Gasteiger partial charge < -0.3 is 14.2 Å². The molecule has 2 aromatic rings. The maximum absolute atomic E-state index is 11.3. The number of aryl methyl sites for hydroxylation is 1. The number of hydrogen-bond acceptors (Lipinski definition) is 4. The molecule has 2 aromatic carbocycles. The zero-order valence-electron chi connectivity index (χ0n) is 21.1. The Hall–Kier alpha value is -2.43. The van der Waals surface area contributed by atoms with Crippen molar-refractivity contribution in [1.29, 1.82) is 0 Å². The van der Waals surface area contributed by atoms with Crippen molar-refractivity contribution in [2.45, 2.75) is 95.4 Å². The third-order valence-corrected chi connectivity index (χ3v) is 7.56. The van der Waals surface area contributed by atoms with E-state index in [0.717, 1.165) is 57.8 Å². The molecule has 0 amide bonds. The summed E-state index contributed by atoms with van der Waals surface area (Å²) in [6.07, 6.45) is 12.0. The maximum Gasteiger partial charge on any atom is 0.330 e. The van der Waals surface area contributed by atoms with E-state index in [-0.39, 0.29) is 24.3 Å². The molecule has 2 aliphatic carbocycles. The summed E-state index contributed by atoms with van der Waals surface area (Å²) >= 11 is 0. The van der Waals surface area contributed by atoms with Crippen LogP contribution in [-0.4, -0.2) is 31.1 Å². The molecular formula is C31H40O4. The molecule has 2 saturated carbocycles. The lowest BCUT2D eigenvalue weighted by atomic mass is 9.82. The van der Waals surface area contributed by atoms with Gasteiger partial charge in [0, 0.05) is 6.08 Å². The number of esters is 1. The van der Waals surface area contributed by atoms with E-state index in [1.165, 1.54) is 34.8 Å². The van der Waals surface area contributed by atoms with Crippen LogP contribution >= 0.6 is 0 Å². The van der Waals surface area contributed by atoms with Gasteiger partial charge in [-0.2, -0.15) is 0 Å². The predicted octanol–water partition coefficient (Wildman–Crippen LogP) is 7.36.